The Kier molecular flexibility index (Phi) is 13.2. The molecule has 1 heterocycles. The highest BCUT2D eigenvalue weighted by Crippen LogP contribution is 2.33. The molecule has 1 aromatic heterocycles. The van der Waals surface area contributed by atoms with Gasteiger partial charge in [0.1, 0.15) is 0 Å². The zero-order valence-electron chi connectivity index (χ0n) is 31.5. The van der Waals surface area contributed by atoms with E-state index in [4.69, 9.17) is 0 Å². The van der Waals surface area contributed by atoms with Crippen LogP contribution in [0.4, 0.5) is 13.2 Å². The third kappa shape index (κ3) is 11.5. The summed E-state index contributed by atoms with van der Waals surface area (Å²) in [6.07, 6.45) is 0. The third-order valence-corrected chi connectivity index (χ3v) is 10.5. The van der Waals surface area contributed by atoms with E-state index in [1.165, 1.54) is 56.5 Å². The highest BCUT2D eigenvalue weighted by atomic mass is 32.2. The zero-order valence-corrected chi connectivity index (χ0v) is 33.2. The molecule has 1 unspecified atom stereocenters. The van der Waals surface area contributed by atoms with Gasteiger partial charge in [0.2, 0.25) is 0 Å². The van der Waals surface area contributed by atoms with Crippen LogP contribution in [0.3, 0.4) is 0 Å². The number of thiazole rings is 1. The van der Waals surface area contributed by atoms with Crippen LogP contribution >= 0.6 is 11.3 Å². The van der Waals surface area contributed by atoms with E-state index in [1.54, 1.807) is 17.4 Å². The van der Waals surface area contributed by atoms with Crippen molar-refractivity contribution in [1.29, 1.82) is 0 Å². The lowest BCUT2D eigenvalue weighted by atomic mass is 9.86. The van der Waals surface area contributed by atoms with Crippen LogP contribution in [0, 0.1) is 20.8 Å². The van der Waals surface area contributed by atoms with Crippen LogP contribution in [0.15, 0.2) is 102 Å². The minimum Gasteiger partial charge on any atom is -0.246 e. The van der Waals surface area contributed by atoms with E-state index in [0.29, 0.717) is 0 Å². The highest BCUT2D eigenvalue weighted by Gasteiger charge is 2.38. The average molecular weight is 720 g/mol. The number of halogens is 3. The zero-order chi connectivity index (χ0) is 37.7. The van der Waals surface area contributed by atoms with Gasteiger partial charge in [-0.2, -0.15) is 13.2 Å². The molecule has 7 heteroatoms. The Labute approximate surface area is 304 Å². The summed E-state index contributed by atoms with van der Waals surface area (Å²) in [4.78, 5) is 5.58. The average Bonchev–Trinajstić information content (AvgIpc) is 3.37. The second kappa shape index (κ2) is 16.2. The number of nitrogens with zero attached hydrogens (tertiary/aromatic N) is 1. The van der Waals surface area contributed by atoms with Gasteiger partial charge >= 0.3 is 5.51 Å². The Balaban J connectivity index is 0.000000203. The quantitative estimate of drug-likeness (QED) is 0.186. The molecular weight excluding hydrogens is 668 g/mol. The van der Waals surface area contributed by atoms with Gasteiger partial charge in [-0.1, -0.05) is 147 Å². The molecule has 5 aromatic rings. The minimum atomic E-state index is -4.70. The van der Waals surface area contributed by atoms with Crippen LogP contribution in [0.5, 0.6) is 0 Å². The van der Waals surface area contributed by atoms with E-state index in [-0.39, 0.29) is 21.1 Å². The molecule has 1 atom stereocenters. The molecule has 0 spiro atoms. The van der Waals surface area contributed by atoms with Gasteiger partial charge in [0.25, 0.3) is 0 Å². The first-order valence-electron chi connectivity index (χ1n) is 16.8. The highest BCUT2D eigenvalue weighted by molar-refractivity contribution is 7.86. The molecular formula is C43H52F3NOS2. The van der Waals surface area contributed by atoms with Gasteiger partial charge in [-0.05, 0) is 88.1 Å². The summed E-state index contributed by atoms with van der Waals surface area (Å²) < 4.78 is 47.9. The lowest BCUT2D eigenvalue weighted by Crippen LogP contribution is -2.17. The first-order valence-corrected chi connectivity index (χ1v) is 18.8. The fraction of sp³-hybridized carbons (Fsp3) is 0.372. The standard InChI is InChI=1S/C17H20.C15H19NS.C11H13F3OS/c1-13-7-5-6-8-16(13)14-9-11-15(12-10-14)17(2,3)4;1-10-14(17-11(2)16-10)12-6-8-13(9-7-12)15(3,4)5;1-10(2,3)8-5-4-6-9(7-8)16(15)11(12,13)14/h5-12H,1-4H3;6-9H,1-5H3;4-7H,1-3H3. The van der Waals surface area contributed by atoms with Gasteiger partial charge in [0, 0.05) is 4.90 Å². The molecule has 5 rings (SSSR count). The second-order valence-corrected chi connectivity index (χ2v) is 18.3. The van der Waals surface area contributed by atoms with Gasteiger partial charge in [0.15, 0.2) is 10.8 Å². The number of benzene rings is 4. The Morgan fingerprint density at radius 1 is 0.580 bits per heavy atom. The van der Waals surface area contributed by atoms with Crippen molar-refractivity contribution in [3.05, 3.63) is 130 Å². The van der Waals surface area contributed by atoms with Crippen LogP contribution < -0.4 is 0 Å². The first-order chi connectivity index (χ1) is 23.0. The predicted molar refractivity (Wildman–Crippen MR) is 209 cm³/mol. The first kappa shape index (κ1) is 40.9. The molecule has 0 bridgehead atoms. The number of aryl methyl sites for hydroxylation is 3. The van der Waals surface area contributed by atoms with Gasteiger partial charge in [0.05, 0.1) is 15.6 Å². The van der Waals surface area contributed by atoms with E-state index >= 15 is 0 Å². The van der Waals surface area contributed by atoms with Crippen molar-refractivity contribution in [1.82, 2.24) is 4.98 Å². The van der Waals surface area contributed by atoms with Crippen molar-refractivity contribution in [2.24, 2.45) is 0 Å². The minimum absolute atomic E-state index is 0.195. The monoisotopic (exact) mass is 719 g/mol. The molecule has 2 nitrogen and oxygen atoms in total. The van der Waals surface area contributed by atoms with Crippen molar-refractivity contribution in [2.75, 3.05) is 0 Å². The molecule has 0 N–H and O–H groups in total. The smallest absolute Gasteiger partial charge is 0.246 e. The molecule has 0 radical (unpaired) electrons. The summed E-state index contributed by atoms with van der Waals surface area (Å²) in [5.41, 5.74) is 5.36. The lowest BCUT2D eigenvalue weighted by Gasteiger charge is -2.19. The third-order valence-electron chi connectivity index (χ3n) is 8.25. The number of alkyl halides is 3. The van der Waals surface area contributed by atoms with E-state index in [0.717, 1.165) is 16.3 Å². The van der Waals surface area contributed by atoms with Gasteiger partial charge < -0.3 is 0 Å². The summed E-state index contributed by atoms with van der Waals surface area (Å²) in [5.74, 6) is 0. The largest absolute Gasteiger partial charge is 0.475 e. The molecule has 0 amide bonds. The maximum Gasteiger partial charge on any atom is 0.475 e. The molecule has 268 valence electrons. The van der Waals surface area contributed by atoms with Crippen LogP contribution in [0.25, 0.3) is 21.6 Å². The van der Waals surface area contributed by atoms with Crippen LogP contribution in [0.2, 0.25) is 0 Å². The van der Waals surface area contributed by atoms with E-state index in [2.05, 4.69) is 140 Å². The van der Waals surface area contributed by atoms with Crippen molar-refractivity contribution < 1.29 is 17.4 Å². The van der Waals surface area contributed by atoms with Crippen molar-refractivity contribution in [3.8, 4) is 21.6 Å². The number of aromatic nitrogens is 1. The summed E-state index contributed by atoms with van der Waals surface area (Å²) in [5, 5.41) is 1.14. The summed E-state index contributed by atoms with van der Waals surface area (Å²) >= 11 is 1.77. The number of rotatable bonds is 3. The summed E-state index contributed by atoms with van der Waals surface area (Å²) in [6.45, 7) is 25.4. The topological polar surface area (TPSA) is 30.0 Å². The number of hydrogen-bond donors (Lipinski definition) is 0. The van der Waals surface area contributed by atoms with E-state index in [1.807, 2.05) is 20.8 Å². The molecule has 50 heavy (non-hydrogen) atoms. The fourth-order valence-electron chi connectivity index (χ4n) is 5.18. The van der Waals surface area contributed by atoms with Gasteiger partial charge in [-0.25, -0.2) is 9.19 Å². The lowest BCUT2D eigenvalue weighted by molar-refractivity contribution is -0.0384. The Hall–Kier alpha value is -3.55. The van der Waals surface area contributed by atoms with E-state index < -0.39 is 16.3 Å². The van der Waals surface area contributed by atoms with Crippen molar-refractivity contribution >= 4 is 22.1 Å². The SMILES string of the molecule is CC(C)(C)c1cccc(S(=O)C(F)(F)F)c1.Cc1ccccc1-c1ccc(C(C)(C)C)cc1.Cc1nc(C)c(-c2ccc(C(C)(C)C)cc2)s1. The predicted octanol–water partition coefficient (Wildman–Crippen LogP) is 13.3. The Morgan fingerprint density at radius 2 is 1.06 bits per heavy atom. The molecule has 0 saturated carbocycles. The molecule has 0 aliphatic heterocycles. The van der Waals surface area contributed by atoms with E-state index in [9.17, 15) is 17.4 Å². The molecule has 0 fully saturated rings. The number of hydrogen-bond acceptors (Lipinski definition) is 3. The second-order valence-electron chi connectivity index (χ2n) is 15.6. The Morgan fingerprint density at radius 3 is 1.48 bits per heavy atom. The van der Waals surface area contributed by atoms with Crippen LogP contribution in [-0.4, -0.2) is 14.7 Å². The molecule has 0 aliphatic carbocycles. The van der Waals surface area contributed by atoms with Gasteiger partial charge in [-0.3, -0.25) is 0 Å². The van der Waals surface area contributed by atoms with Crippen molar-refractivity contribution in [2.45, 2.75) is 110 Å². The molecule has 0 saturated heterocycles. The molecule has 0 aliphatic rings. The maximum absolute atomic E-state index is 12.3. The fourth-order valence-corrected chi connectivity index (χ4v) is 6.81. The Bertz CT molecular complexity index is 1870. The summed E-state index contributed by atoms with van der Waals surface area (Å²) in [6, 6.07) is 32.1. The van der Waals surface area contributed by atoms with Crippen LogP contribution in [0.1, 0.15) is 95.3 Å². The normalized spacial score (nSPS) is 12.7. The van der Waals surface area contributed by atoms with Crippen LogP contribution in [-0.2, 0) is 27.0 Å². The van der Waals surface area contributed by atoms with Gasteiger partial charge in [-0.15, -0.1) is 11.3 Å². The molecule has 4 aromatic carbocycles. The summed E-state index contributed by atoms with van der Waals surface area (Å²) in [7, 11) is -2.95. The maximum atomic E-state index is 12.3. The van der Waals surface area contributed by atoms with Crippen molar-refractivity contribution in [3.63, 3.8) is 0 Å².